The first kappa shape index (κ1) is 12.9. The second kappa shape index (κ2) is 5.00. The number of rotatable bonds is 2. The van der Waals surface area contributed by atoms with Crippen LogP contribution < -0.4 is 11.2 Å². The molecule has 0 radical (unpaired) electrons. The van der Waals surface area contributed by atoms with Gasteiger partial charge >= 0.3 is 5.69 Å². The molecule has 5 heteroatoms. The van der Waals surface area contributed by atoms with Crippen LogP contribution in [0.2, 0.25) is 0 Å². The van der Waals surface area contributed by atoms with Crippen molar-refractivity contribution in [1.82, 2.24) is 9.55 Å². The van der Waals surface area contributed by atoms with Gasteiger partial charge in [-0.15, -0.1) is 0 Å². The van der Waals surface area contributed by atoms with Crippen molar-refractivity contribution in [3.63, 3.8) is 0 Å². The zero-order valence-corrected chi connectivity index (χ0v) is 10.9. The van der Waals surface area contributed by atoms with Crippen LogP contribution >= 0.6 is 0 Å². The van der Waals surface area contributed by atoms with E-state index in [2.05, 4.69) is 11.9 Å². The van der Waals surface area contributed by atoms with Crippen molar-refractivity contribution in [3.05, 3.63) is 26.4 Å². The van der Waals surface area contributed by atoms with Crippen LogP contribution in [0.4, 0.5) is 0 Å². The van der Waals surface area contributed by atoms with Gasteiger partial charge in [-0.2, -0.15) is 0 Å². The fourth-order valence-corrected chi connectivity index (χ4v) is 2.81. The zero-order chi connectivity index (χ0) is 13.3. The topological polar surface area (TPSA) is 75.1 Å². The van der Waals surface area contributed by atoms with Crippen molar-refractivity contribution in [1.29, 1.82) is 0 Å². The minimum absolute atomic E-state index is 0.193. The Kier molecular flexibility index (Phi) is 3.59. The lowest BCUT2D eigenvalue weighted by molar-refractivity contribution is 0.243. The van der Waals surface area contributed by atoms with Gasteiger partial charge in [0.1, 0.15) is 0 Å². The molecule has 2 rings (SSSR count). The molecule has 0 bridgehead atoms. The molecule has 0 aromatic carbocycles. The number of hydrogen-bond acceptors (Lipinski definition) is 3. The highest BCUT2D eigenvalue weighted by molar-refractivity contribution is 5.20. The molecular weight excluding hydrogens is 232 g/mol. The number of nitrogens with one attached hydrogen (secondary N) is 1. The zero-order valence-electron chi connectivity index (χ0n) is 10.9. The van der Waals surface area contributed by atoms with Crippen molar-refractivity contribution in [3.8, 4) is 5.88 Å². The van der Waals surface area contributed by atoms with Gasteiger partial charge in [0.25, 0.3) is 5.56 Å². The van der Waals surface area contributed by atoms with Crippen LogP contribution in [0.5, 0.6) is 5.88 Å². The summed E-state index contributed by atoms with van der Waals surface area (Å²) in [5, 5.41) is 9.90. The number of nitrogens with zero attached hydrogens (tertiary/aromatic N) is 1. The predicted molar refractivity (Wildman–Crippen MR) is 68.8 cm³/mol. The van der Waals surface area contributed by atoms with Crippen LogP contribution in [-0.4, -0.2) is 14.7 Å². The molecule has 1 heterocycles. The fraction of sp³-hybridized carbons (Fsp3) is 0.692. The second-order valence-corrected chi connectivity index (χ2v) is 5.46. The molecule has 0 spiro atoms. The molecule has 18 heavy (non-hydrogen) atoms. The SMILES string of the molecule is Cc1c(O)n(CC2CCCC(C)C2)c(=O)[nH]c1=O. The Morgan fingerprint density at radius 2 is 2.11 bits per heavy atom. The van der Waals surface area contributed by atoms with Gasteiger partial charge in [0.05, 0.1) is 5.56 Å². The molecule has 1 saturated carbocycles. The van der Waals surface area contributed by atoms with Crippen LogP contribution in [0.15, 0.2) is 9.59 Å². The van der Waals surface area contributed by atoms with Crippen LogP contribution in [0.3, 0.4) is 0 Å². The molecule has 1 aromatic rings. The van der Waals surface area contributed by atoms with Gasteiger partial charge in [0.2, 0.25) is 5.88 Å². The van der Waals surface area contributed by atoms with E-state index in [0.717, 1.165) is 12.8 Å². The van der Waals surface area contributed by atoms with Gasteiger partial charge in [-0.05, 0) is 31.6 Å². The van der Waals surface area contributed by atoms with Gasteiger partial charge in [-0.3, -0.25) is 14.3 Å². The molecule has 2 N–H and O–H groups in total. The Morgan fingerprint density at radius 3 is 2.78 bits per heavy atom. The van der Waals surface area contributed by atoms with Gasteiger partial charge in [0, 0.05) is 6.54 Å². The highest BCUT2D eigenvalue weighted by atomic mass is 16.3. The molecule has 1 aliphatic carbocycles. The third-order valence-electron chi connectivity index (χ3n) is 3.88. The average molecular weight is 252 g/mol. The fourth-order valence-electron chi connectivity index (χ4n) is 2.81. The molecule has 0 amide bonds. The highest BCUT2D eigenvalue weighted by Gasteiger charge is 2.21. The summed E-state index contributed by atoms with van der Waals surface area (Å²) in [5.41, 5.74) is -0.814. The number of aromatic nitrogens is 2. The van der Waals surface area contributed by atoms with Gasteiger partial charge < -0.3 is 5.11 Å². The maximum atomic E-state index is 11.7. The van der Waals surface area contributed by atoms with Crippen LogP contribution in [0.1, 0.15) is 38.2 Å². The molecule has 0 saturated heterocycles. The minimum Gasteiger partial charge on any atom is -0.494 e. The summed E-state index contributed by atoms with van der Waals surface area (Å²) in [6.07, 6.45) is 4.56. The quantitative estimate of drug-likeness (QED) is 0.835. The number of aromatic hydroxyl groups is 1. The number of H-pyrrole nitrogens is 1. The average Bonchev–Trinajstić information content (AvgIpc) is 2.32. The van der Waals surface area contributed by atoms with Crippen LogP contribution in [0, 0.1) is 18.8 Å². The summed E-state index contributed by atoms with van der Waals surface area (Å²) in [6.45, 7) is 4.23. The van der Waals surface area contributed by atoms with Crippen molar-refractivity contribution in [2.45, 2.75) is 46.1 Å². The number of aromatic amines is 1. The van der Waals surface area contributed by atoms with E-state index < -0.39 is 11.2 Å². The third-order valence-corrected chi connectivity index (χ3v) is 3.88. The van der Waals surface area contributed by atoms with Crippen molar-refractivity contribution in [2.75, 3.05) is 0 Å². The molecule has 5 nitrogen and oxygen atoms in total. The third kappa shape index (κ3) is 2.49. The molecule has 2 atom stereocenters. The Labute approximate surface area is 105 Å². The Balaban J connectivity index is 2.26. The van der Waals surface area contributed by atoms with E-state index in [-0.39, 0.29) is 11.4 Å². The first-order chi connectivity index (χ1) is 8.49. The molecule has 2 unspecified atom stereocenters. The first-order valence-corrected chi connectivity index (χ1v) is 6.51. The monoisotopic (exact) mass is 252 g/mol. The van der Waals surface area contributed by atoms with Crippen molar-refractivity contribution >= 4 is 0 Å². The van der Waals surface area contributed by atoms with E-state index in [1.54, 1.807) is 0 Å². The summed E-state index contributed by atoms with van der Waals surface area (Å²) < 4.78 is 1.29. The summed E-state index contributed by atoms with van der Waals surface area (Å²) in [6, 6.07) is 0. The lowest BCUT2D eigenvalue weighted by atomic mass is 9.82. The number of hydrogen-bond donors (Lipinski definition) is 2. The summed E-state index contributed by atoms with van der Waals surface area (Å²) in [7, 11) is 0. The van der Waals surface area contributed by atoms with E-state index in [4.69, 9.17) is 0 Å². The second-order valence-electron chi connectivity index (χ2n) is 5.46. The van der Waals surface area contributed by atoms with Gasteiger partial charge in [-0.25, -0.2) is 4.79 Å². The van der Waals surface area contributed by atoms with E-state index in [1.165, 1.54) is 24.3 Å². The predicted octanol–water partition coefficient (Wildman–Crippen LogP) is 1.38. The van der Waals surface area contributed by atoms with Crippen LogP contribution in [-0.2, 0) is 6.54 Å². The Hall–Kier alpha value is -1.52. The van der Waals surface area contributed by atoms with Crippen molar-refractivity contribution < 1.29 is 5.11 Å². The summed E-state index contributed by atoms with van der Waals surface area (Å²) in [5.74, 6) is 0.884. The summed E-state index contributed by atoms with van der Waals surface area (Å²) in [4.78, 5) is 25.3. The molecule has 0 aliphatic heterocycles. The van der Waals surface area contributed by atoms with E-state index in [1.807, 2.05) is 0 Å². The first-order valence-electron chi connectivity index (χ1n) is 6.51. The lowest BCUT2D eigenvalue weighted by Crippen LogP contribution is -2.33. The van der Waals surface area contributed by atoms with Crippen molar-refractivity contribution in [2.24, 2.45) is 11.8 Å². The van der Waals surface area contributed by atoms with Crippen LogP contribution in [0.25, 0.3) is 0 Å². The smallest absolute Gasteiger partial charge is 0.331 e. The van der Waals surface area contributed by atoms with Gasteiger partial charge in [-0.1, -0.05) is 19.8 Å². The minimum atomic E-state index is -0.513. The summed E-state index contributed by atoms with van der Waals surface area (Å²) >= 11 is 0. The molecule has 100 valence electrons. The normalized spacial score (nSPS) is 24.1. The van der Waals surface area contributed by atoms with E-state index >= 15 is 0 Å². The van der Waals surface area contributed by atoms with Gasteiger partial charge in [0.15, 0.2) is 0 Å². The maximum absolute atomic E-state index is 11.7. The largest absolute Gasteiger partial charge is 0.494 e. The molecular formula is C13H20N2O3. The lowest BCUT2D eigenvalue weighted by Gasteiger charge is -2.27. The molecule has 1 fully saturated rings. The highest BCUT2D eigenvalue weighted by Crippen LogP contribution is 2.30. The van der Waals surface area contributed by atoms with E-state index in [9.17, 15) is 14.7 Å². The Bertz CT molecular complexity index is 544. The maximum Gasteiger partial charge on any atom is 0.331 e. The molecule has 1 aromatic heterocycles. The molecule has 1 aliphatic rings. The Morgan fingerprint density at radius 1 is 1.39 bits per heavy atom. The standard InChI is InChI=1S/C13H20N2O3/c1-8-4-3-5-10(6-8)7-15-12(17)9(2)11(16)14-13(15)18/h8,10,17H,3-7H2,1-2H3,(H,14,16,18). The van der Waals surface area contributed by atoms with E-state index in [0.29, 0.717) is 18.4 Å².